The van der Waals surface area contributed by atoms with Crippen LogP contribution < -0.4 is 0 Å². The number of ether oxygens (including phenoxy) is 2. The number of hydrogen-bond donors (Lipinski definition) is 0. The van der Waals surface area contributed by atoms with E-state index < -0.39 is 41.6 Å². The Kier molecular flexibility index (Phi) is 9.06. The predicted molar refractivity (Wildman–Crippen MR) is 136 cm³/mol. The largest absolute Gasteiger partial charge is 0.454 e. The third-order valence-corrected chi connectivity index (χ3v) is 5.90. The zero-order valence-electron chi connectivity index (χ0n) is 20.6. The van der Waals surface area contributed by atoms with Crippen molar-refractivity contribution in [2.24, 2.45) is 0 Å². The molecule has 0 bridgehead atoms. The van der Waals surface area contributed by atoms with Gasteiger partial charge in [0.05, 0.1) is 0 Å². The second-order valence-corrected chi connectivity index (χ2v) is 8.25. The zero-order valence-corrected chi connectivity index (χ0v) is 20.6. The topological polar surface area (TPSA) is 52.6 Å². The lowest BCUT2D eigenvalue weighted by atomic mass is 9.96. The van der Waals surface area contributed by atoms with E-state index in [1.54, 1.807) is 19.9 Å². The lowest BCUT2D eigenvalue weighted by Gasteiger charge is -2.17. The van der Waals surface area contributed by atoms with Crippen LogP contribution in [-0.4, -0.2) is 11.9 Å². The van der Waals surface area contributed by atoms with E-state index in [4.69, 9.17) is 9.47 Å². The van der Waals surface area contributed by atoms with Gasteiger partial charge in [-0.3, -0.25) is 0 Å². The lowest BCUT2D eigenvalue weighted by molar-refractivity contribution is -0.144. The summed E-state index contributed by atoms with van der Waals surface area (Å²) in [6, 6.07) is 12.7. The fourth-order valence-electron chi connectivity index (χ4n) is 3.97. The summed E-state index contributed by atoms with van der Waals surface area (Å²) < 4.78 is 55.3. The smallest absolute Gasteiger partial charge is 0.330 e. The molecular formula is C30H27F3O4. The fraction of sp³-hybridized carbons (Fsp3) is 0.200. The standard InChI is InChI=1S/C30H27F3O4/c1-5-27(36-29(34)7-3)20-11-13-22(25(32)17-20)18-9-12-21(24(31)15-18)19-10-14-23(26(33)16-19)28(6-2)37-30(35)8-4/h7-17,27-28H,3-6H2,1-2H3. The Morgan fingerprint density at radius 2 is 1.22 bits per heavy atom. The van der Waals surface area contributed by atoms with Crippen molar-refractivity contribution < 1.29 is 32.2 Å². The van der Waals surface area contributed by atoms with E-state index in [1.807, 2.05) is 0 Å². The number of hydrogen-bond acceptors (Lipinski definition) is 4. The predicted octanol–water partition coefficient (Wildman–Crippen LogP) is 7.80. The van der Waals surface area contributed by atoms with Gasteiger partial charge >= 0.3 is 11.9 Å². The molecule has 7 heteroatoms. The third kappa shape index (κ3) is 6.36. The van der Waals surface area contributed by atoms with E-state index in [0.717, 1.165) is 12.2 Å². The van der Waals surface area contributed by atoms with Crippen molar-refractivity contribution in [2.45, 2.75) is 38.9 Å². The van der Waals surface area contributed by atoms with Gasteiger partial charge in [-0.2, -0.15) is 0 Å². The summed E-state index contributed by atoms with van der Waals surface area (Å²) in [5.74, 6) is -3.19. The highest BCUT2D eigenvalue weighted by molar-refractivity contribution is 5.82. The molecule has 0 radical (unpaired) electrons. The van der Waals surface area contributed by atoms with Crippen molar-refractivity contribution in [1.82, 2.24) is 0 Å². The Balaban J connectivity index is 1.88. The zero-order chi connectivity index (χ0) is 27.1. The molecule has 0 amide bonds. The van der Waals surface area contributed by atoms with E-state index in [1.165, 1.54) is 48.5 Å². The molecule has 3 aromatic carbocycles. The minimum absolute atomic E-state index is 0.129. The average molecular weight is 509 g/mol. The second-order valence-electron chi connectivity index (χ2n) is 8.25. The van der Waals surface area contributed by atoms with Gasteiger partial charge in [-0.1, -0.05) is 63.4 Å². The first-order chi connectivity index (χ1) is 17.7. The molecule has 0 saturated carbocycles. The third-order valence-electron chi connectivity index (χ3n) is 5.90. The molecule has 0 heterocycles. The van der Waals surface area contributed by atoms with Gasteiger partial charge in [0.15, 0.2) is 0 Å². The molecule has 4 nitrogen and oxygen atoms in total. The van der Waals surface area contributed by atoms with Crippen LogP contribution in [-0.2, 0) is 19.1 Å². The maximum Gasteiger partial charge on any atom is 0.330 e. The van der Waals surface area contributed by atoms with Gasteiger partial charge < -0.3 is 9.47 Å². The van der Waals surface area contributed by atoms with Crippen LogP contribution in [0, 0.1) is 17.5 Å². The Morgan fingerprint density at radius 3 is 1.70 bits per heavy atom. The fourth-order valence-corrected chi connectivity index (χ4v) is 3.97. The molecule has 3 aromatic rings. The maximum atomic E-state index is 15.1. The van der Waals surface area contributed by atoms with E-state index in [2.05, 4.69) is 13.2 Å². The number of esters is 2. The molecule has 0 N–H and O–H groups in total. The molecular weight excluding hydrogens is 481 g/mol. The first kappa shape index (κ1) is 27.5. The SMILES string of the molecule is C=CC(=O)OC(CC)c1ccc(-c2ccc(-c3ccc(C(CC)OC(=O)C=C)c(F)c3)c(F)c2)c(F)c1. The maximum absolute atomic E-state index is 15.1. The molecule has 0 aliphatic heterocycles. The van der Waals surface area contributed by atoms with Crippen molar-refractivity contribution in [2.75, 3.05) is 0 Å². The molecule has 0 aliphatic carbocycles. The van der Waals surface area contributed by atoms with Gasteiger partial charge in [-0.05, 0) is 47.7 Å². The molecule has 2 atom stereocenters. The van der Waals surface area contributed by atoms with Crippen LogP contribution in [0.4, 0.5) is 13.2 Å². The molecule has 37 heavy (non-hydrogen) atoms. The Bertz CT molecular complexity index is 1330. The monoisotopic (exact) mass is 508 g/mol. The lowest BCUT2D eigenvalue weighted by Crippen LogP contribution is -2.10. The van der Waals surface area contributed by atoms with Gasteiger partial charge in [0.1, 0.15) is 29.7 Å². The minimum Gasteiger partial charge on any atom is -0.454 e. The first-order valence-corrected chi connectivity index (χ1v) is 11.8. The Hall–Kier alpha value is -4.13. The quantitative estimate of drug-likeness (QED) is 0.207. The van der Waals surface area contributed by atoms with Crippen LogP contribution in [0.15, 0.2) is 79.9 Å². The summed E-state index contributed by atoms with van der Waals surface area (Å²) >= 11 is 0. The summed E-state index contributed by atoms with van der Waals surface area (Å²) in [6.45, 7) is 10.2. The molecule has 192 valence electrons. The second kappa shape index (κ2) is 12.2. The van der Waals surface area contributed by atoms with E-state index in [9.17, 15) is 18.4 Å². The average Bonchev–Trinajstić information content (AvgIpc) is 2.90. The van der Waals surface area contributed by atoms with Gasteiger partial charge in [0.2, 0.25) is 0 Å². The molecule has 0 aliphatic rings. The number of benzene rings is 3. The summed E-state index contributed by atoms with van der Waals surface area (Å²) in [6.07, 6.45) is 1.38. The normalized spacial score (nSPS) is 12.4. The van der Waals surface area contributed by atoms with Gasteiger partial charge in [0.25, 0.3) is 0 Å². The van der Waals surface area contributed by atoms with Crippen LogP contribution in [0.1, 0.15) is 50.0 Å². The van der Waals surface area contributed by atoms with Crippen molar-refractivity contribution in [3.05, 3.63) is 108 Å². The molecule has 0 fully saturated rings. The minimum atomic E-state index is -0.801. The first-order valence-electron chi connectivity index (χ1n) is 11.8. The number of carbonyl (C=O) groups is 2. The van der Waals surface area contributed by atoms with Crippen LogP contribution in [0.3, 0.4) is 0 Å². The molecule has 0 aromatic heterocycles. The van der Waals surface area contributed by atoms with Gasteiger partial charge in [-0.25, -0.2) is 22.8 Å². The Labute approximate surface area is 214 Å². The number of halogens is 3. The highest BCUT2D eigenvalue weighted by Gasteiger charge is 2.20. The van der Waals surface area contributed by atoms with Crippen molar-refractivity contribution in [3.63, 3.8) is 0 Å². The van der Waals surface area contributed by atoms with Crippen molar-refractivity contribution in [1.29, 1.82) is 0 Å². The summed E-state index contributed by atoms with van der Waals surface area (Å²) in [5, 5.41) is 0. The molecule has 3 rings (SSSR count). The molecule has 0 spiro atoms. The summed E-state index contributed by atoms with van der Waals surface area (Å²) in [7, 11) is 0. The van der Waals surface area contributed by atoms with Gasteiger partial charge in [-0.15, -0.1) is 0 Å². The van der Waals surface area contributed by atoms with E-state index >= 15 is 4.39 Å². The molecule has 2 unspecified atom stereocenters. The van der Waals surface area contributed by atoms with Crippen LogP contribution in [0.2, 0.25) is 0 Å². The summed E-state index contributed by atoms with van der Waals surface area (Å²) in [5.41, 5.74) is 1.50. The highest BCUT2D eigenvalue weighted by Crippen LogP contribution is 2.33. The van der Waals surface area contributed by atoms with E-state index in [0.29, 0.717) is 24.0 Å². The number of rotatable bonds is 10. The molecule has 0 saturated heterocycles. The van der Waals surface area contributed by atoms with Gasteiger partial charge in [0, 0.05) is 28.8 Å². The van der Waals surface area contributed by atoms with Crippen LogP contribution in [0.25, 0.3) is 22.3 Å². The van der Waals surface area contributed by atoms with Crippen molar-refractivity contribution >= 4 is 11.9 Å². The van der Waals surface area contributed by atoms with Crippen LogP contribution in [0.5, 0.6) is 0 Å². The summed E-state index contributed by atoms with van der Waals surface area (Å²) in [4.78, 5) is 23.1. The van der Waals surface area contributed by atoms with Crippen molar-refractivity contribution in [3.8, 4) is 22.3 Å². The van der Waals surface area contributed by atoms with E-state index in [-0.39, 0.29) is 22.3 Å². The number of carbonyl (C=O) groups excluding carboxylic acids is 2. The Morgan fingerprint density at radius 1 is 0.730 bits per heavy atom. The van der Waals surface area contributed by atoms with Crippen LogP contribution >= 0.6 is 0 Å². The highest BCUT2D eigenvalue weighted by atomic mass is 19.1.